The second kappa shape index (κ2) is 6.37. The number of halogens is 1. The molecule has 2 aromatic heterocycles. The van der Waals surface area contributed by atoms with Crippen LogP contribution in [0.4, 0.5) is 0 Å². The molecule has 25 heavy (non-hydrogen) atoms. The SMILES string of the molecule is Cc1cc(Br)cn2c(CNC3CCOC4(C3)CC(C(=O)O)C4)cnc12. The standard InChI is InChI=1S/C18H22BrN3O3/c1-11-4-13(19)10-22-15(9-21-16(11)22)8-20-14-2-3-25-18(7-14)5-12(6-18)17(23)24/h4,9-10,12,14,20H,2-3,5-8H2,1H3,(H,23,24). The molecule has 4 rings (SSSR count). The fourth-order valence-corrected chi connectivity index (χ4v) is 4.69. The number of ether oxygens (including phenoxy) is 1. The van der Waals surface area contributed by atoms with Gasteiger partial charge in [0.2, 0.25) is 0 Å². The Morgan fingerprint density at radius 1 is 1.52 bits per heavy atom. The van der Waals surface area contributed by atoms with Gasteiger partial charge in [0.15, 0.2) is 0 Å². The first-order chi connectivity index (χ1) is 12.0. The van der Waals surface area contributed by atoms with Gasteiger partial charge in [0.05, 0.1) is 23.4 Å². The maximum Gasteiger partial charge on any atom is 0.306 e. The van der Waals surface area contributed by atoms with Crippen LogP contribution < -0.4 is 5.32 Å². The first kappa shape index (κ1) is 17.0. The van der Waals surface area contributed by atoms with Crippen LogP contribution in [0.2, 0.25) is 0 Å². The molecule has 0 aromatic carbocycles. The maximum atomic E-state index is 11.1. The van der Waals surface area contributed by atoms with E-state index in [9.17, 15) is 4.79 Å². The third-order valence-electron chi connectivity index (χ3n) is 5.48. The fraction of sp³-hybridized carbons (Fsp3) is 0.556. The van der Waals surface area contributed by atoms with Gasteiger partial charge in [0.25, 0.3) is 0 Å². The van der Waals surface area contributed by atoms with E-state index in [4.69, 9.17) is 9.84 Å². The van der Waals surface area contributed by atoms with E-state index >= 15 is 0 Å². The van der Waals surface area contributed by atoms with Crippen LogP contribution in [0.1, 0.15) is 36.9 Å². The summed E-state index contributed by atoms with van der Waals surface area (Å²) in [4.78, 5) is 15.6. The average molecular weight is 408 g/mol. The summed E-state index contributed by atoms with van der Waals surface area (Å²) in [5, 5.41) is 12.7. The van der Waals surface area contributed by atoms with E-state index in [1.165, 1.54) is 0 Å². The Morgan fingerprint density at radius 3 is 3.08 bits per heavy atom. The zero-order chi connectivity index (χ0) is 17.6. The molecular weight excluding hydrogens is 386 g/mol. The second-order valence-corrected chi connectivity index (χ2v) is 8.25. The van der Waals surface area contributed by atoms with Crippen molar-refractivity contribution in [3.8, 4) is 0 Å². The zero-order valence-electron chi connectivity index (χ0n) is 14.2. The monoisotopic (exact) mass is 407 g/mol. The summed E-state index contributed by atoms with van der Waals surface area (Å²) < 4.78 is 9.08. The van der Waals surface area contributed by atoms with Gasteiger partial charge in [0.1, 0.15) is 5.65 Å². The van der Waals surface area contributed by atoms with Gasteiger partial charge in [0, 0.05) is 29.9 Å². The predicted octanol–water partition coefficient (Wildman–Crippen LogP) is 2.91. The van der Waals surface area contributed by atoms with Crippen molar-refractivity contribution in [1.82, 2.24) is 14.7 Å². The molecule has 0 bridgehead atoms. The van der Waals surface area contributed by atoms with Gasteiger partial charge in [-0.3, -0.25) is 4.79 Å². The second-order valence-electron chi connectivity index (χ2n) is 7.33. The number of hydrogen-bond donors (Lipinski definition) is 2. The van der Waals surface area contributed by atoms with Gasteiger partial charge in [-0.05, 0) is 60.2 Å². The number of nitrogens with one attached hydrogen (secondary N) is 1. The molecule has 1 aliphatic carbocycles. The first-order valence-corrected chi connectivity index (χ1v) is 9.47. The Balaban J connectivity index is 1.41. The summed E-state index contributed by atoms with van der Waals surface area (Å²) in [7, 11) is 0. The number of hydrogen-bond acceptors (Lipinski definition) is 4. The molecule has 6 nitrogen and oxygen atoms in total. The van der Waals surface area contributed by atoms with E-state index in [1.54, 1.807) is 0 Å². The van der Waals surface area contributed by atoms with Crippen molar-refractivity contribution in [2.75, 3.05) is 6.61 Å². The summed E-state index contributed by atoms with van der Waals surface area (Å²) in [6.07, 6.45) is 7.08. The lowest BCUT2D eigenvalue weighted by molar-refractivity contribution is -0.181. The Morgan fingerprint density at radius 2 is 2.32 bits per heavy atom. The van der Waals surface area contributed by atoms with Crippen molar-refractivity contribution in [3.05, 3.63) is 34.2 Å². The van der Waals surface area contributed by atoms with E-state index < -0.39 is 5.97 Å². The van der Waals surface area contributed by atoms with Gasteiger partial charge < -0.3 is 19.6 Å². The summed E-state index contributed by atoms with van der Waals surface area (Å²) in [6, 6.07) is 2.42. The molecule has 3 heterocycles. The van der Waals surface area contributed by atoms with Crippen molar-refractivity contribution in [1.29, 1.82) is 0 Å². The van der Waals surface area contributed by atoms with Gasteiger partial charge in [-0.1, -0.05) is 0 Å². The van der Waals surface area contributed by atoms with Gasteiger partial charge in [-0.25, -0.2) is 4.98 Å². The minimum atomic E-state index is -0.698. The van der Waals surface area contributed by atoms with Crippen LogP contribution in [0, 0.1) is 12.8 Å². The molecule has 2 aliphatic rings. The Labute approximate surface area is 154 Å². The molecule has 134 valence electrons. The van der Waals surface area contributed by atoms with Crippen molar-refractivity contribution >= 4 is 27.5 Å². The predicted molar refractivity (Wildman–Crippen MR) is 96.5 cm³/mol. The number of pyridine rings is 1. The highest BCUT2D eigenvalue weighted by molar-refractivity contribution is 9.10. The number of aromatic nitrogens is 2. The number of carboxylic acid groups (broad SMARTS) is 1. The Kier molecular flexibility index (Phi) is 4.33. The van der Waals surface area contributed by atoms with E-state index in [1.807, 2.05) is 12.4 Å². The summed E-state index contributed by atoms with van der Waals surface area (Å²) in [5.41, 5.74) is 3.02. The number of carboxylic acids is 1. The van der Waals surface area contributed by atoms with Crippen molar-refractivity contribution in [3.63, 3.8) is 0 Å². The van der Waals surface area contributed by atoms with Gasteiger partial charge >= 0.3 is 5.97 Å². The number of imidazole rings is 1. The Hall–Kier alpha value is -1.44. The molecular formula is C18H22BrN3O3. The molecule has 1 saturated heterocycles. The molecule has 2 N–H and O–H groups in total. The van der Waals surface area contributed by atoms with Crippen LogP contribution in [0.3, 0.4) is 0 Å². The molecule has 2 fully saturated rings. The van der Waals surface area contributed by atoms with E-state index in [-0.39, 0.29) is 11.5 Å². The molecule has 1 unspecified atom stereocenters. The minimum Gasteiger partial charge on any atom is -0.481 e. The lowest BCUT2D eigenvalue weighted by Gasteiger charge is -2.50. The summed E-state index contributed by atoms with van der Waals surface area (Å²) in [5.74, 6) is -0.936. The molecule has 2 aromatic rings. The summed E-state index contributed by atoms with van der Waals surface area (Å²) in [6.45, 7) is 3.49. The largest absolute Gasteiger partial charge is 0.481 e. The van der Waals surface area contributed by atoms with E-state index in [0.29, 0.717) is 25.5 Å². The van der Waals surface area contributed by atoms with Crippen molar-refractivity contribution in [2.24, 2.45) is 5.92 Å². The number of aryl methyl sites for hydroxylation is 1. The lowest BCUT2D eigenvalue weighted by Crippen LogP contribution is -2.55. The molecule has 7 heteroatoms. The average Bonchev–Trinajstić information content (AvgIpc) is 2.94. The lowest BCUT2D eigenvalue weighted by atomic mass is 9.66. The maximum absolute atomic E-state index is 11.1. The number of carbonyl (C=O) groups is 1. The highest BCUT2D eigenvalue weighted by Gasteiger charge is 2.51. The van der Waals surface area contributed by atoms with Crippen molar-refractivity contribution < 1.29 is 14.6 Å². The van der Waals surface area contributed by atoms with Crippen LogP contribution in [0.5, 0.6) is 0 Å². The van der Waals surface area contributed by atoms with Crippen LogP contribution in [-0.2, 0) is 16.1 Å². The zero-order valence-corrected chi connectivity index (χ0v) is 15.8. The van der Waals surface area contributed by atoms with Gasteiger partial charge in [-0.15, -0.1) is 0 Å². The fourth-order valence-electron chi connectivity index (χ4n) is 4.14. The molecule has 1 atom stereocenters. The van der Waals surface area contributed by atoms with Crippen LogP contribution >= 0.6 is 15.9 Å². The highest BCUT2D eigenvalue weighted by atomic mass is 79.9. The first-order valence-electron chi connectivity index (χ1n) is 8.68. The quantitative estimate of drug-likeness (QED) is 0.814. The molecule has 1 saturated carbocycles. The molecule has 0 amide bonds. The summed E-state index contributed by atoms with van der Waals surface area (Å²) >= 11 is 3.55. The van der Waals surface area contributed by atoms with Crippen molar-refractivity contribution in [2.45, 2.75) is 50.8 Å². The van der Waals surface area contributed by atoms with E-state index in [0.717, 1.165) is 40.8 Å². The normalized spacial score (nSPS) is 29.0. The number of rotatable bonds is 4. The van der Waals surface area contributed by atoms with Crippen LogP contribution in [-0.4, -0.2) is 38.7 Å². The topological polar surface area (TPSA) is 75.9 Å². The highest BCUT2D eigenvalue weighted by Crippen LogP contribution is 2.46. The molecule has 1 aliphatic heterocycles. The molecule has 1 spiro atoms. The molecule has 0 radical (unpaired) electrons. The number of nitrogens with zero attached hydrogens (tertiary/aromatic N) is 2. The van der Waals surface area contributed by atoms with Crippen LogP contribution in [0.15, 0.2) is 22.9 Å². The Bertz CT molecular complexity index is 813. The van der Waals surface area contributed by atoms with Crippen LogP contribution in [0.25, 0.3) is 5.65 Å². The smallest absolute Gasteiger partial charge is 0.306 e. The third kappa shape index (κ3) is 3.20. The van der Waals surface area contributed by atoms with E-state index in [2.05, 4.69) is 43.6 Å². The third-order valence-corrected chi connectivity index (χ3v) is 5.92. The minimum absolute atomic E-state index is 0.224. The number of aliphatic carboxylic acids is 1. The van der Waals surface area contributed by atoms with Gasteiger partial charge in [-0.2, -0.15) is 0 Å². The number of fused-ring (bicyclic) bond motifs is 1.